The number of aryl methyl sites for hydroxylation is 1. The molecule has 1 aromatic carbocycles. The summed E-state index contributed by atoms with van der Waals surface area (Å²) in [6.45, 7) is 8.92. The first-order valence-electron chi connectivity index (χ1n) is 7.27. The lowest BCUT2D eigenvalue weighted by Gasteiger charge is -2.29. The molecule has 0 aromatic heterocycles. The highest BCUT2D eigenvalue weighted by atomic mass is 15.2. The van der Waals surface area contributed by atoms with Crippen LogP contribution in [-0.4, -0.2) is 51.2 Å². The van der Waals surface area contributed by atoms with Crippen LogP contribution >= 0.6 is 0 Å². The van der Waals surface area contributed by atoms with E-state index in [-0.39, 0.29) is 0 Å². The summed E-state index contributed by atoms with van der Waals surface area (Å²) in [6, 6.07) is 7.20. The first kappa shape index (κ1) is 14.4. The second kappa shape index (κ2) is 6.40. The van der Waals surface area contributed by atoms with Gasteiger partial charge in [0.05, 0.1) is 0 Å². The summed E-state index contributed by atoms with van der Waals surface area (Å²) < 4.78 is 0. The molecule has 3 heteroatoms. The average Bonchev–Trinajstić information content (AvgIpc) is 2.57. The summed E-state index contributed by atoms with van der Waals surface area (Å²) in [5.41, 5.74) is 4.22. The zero-order chi connectivity index (χ0) is 13.8. The Kier molecular flexibility index (Phi) is 4.83. The Morgan fingerprint density at radius 1 is 1.32 bits per heavy atom. The summed E-state index contributed by atoms with van der Waals surface area (Å²) in [4.78, 5) is 4.82. The molecule has 106 valence electrons. The standard InChI is InChI=1S/C16H27N3/c1-13-7-5-8-16(14(13)2)19-10-6-9-17-15(12-19)11-18(3)4/h5,7-8,15,17H,6,9-12H2,1-4H3. The van der Waals surface area contributed by atoms with Crippen LogP contribution in [-0.2, 0) is 0 Å². The van der Waals surface area contributed by atoms with E-state index in [1.165, 1.54) is 23.2 Å². The molecular formula is C16H27N3. The van der Waals surface area contributed by atoms with Crippen molar-refractivity contribution in [2.75, 3.05) is 45.2 Å². The Labute approximate surface area is 117 Å². The molecule has 1 unspecified atom stereocenters. The van der Waals surface area contributed by atoms with Crippen LogP contribution in [0.15, 0.2) is 18.2 Å². The molecule has 1 heterocycles. The fraction of sp³-hybridized carbons (Fsp3) is 0.625. The third kappa shape index (κ3) is 3.71. The number of benzene rings is 1. The molecule has 19 heavy (non-hydrogen) atoms. The normalized spacial score (nSPS) is 20.7. The van der Waals surface area contributed by atoms with Crippen LogP contribution in [0.3, 0.4) is 0 Å². The van der Waals surface area contributed by atoms with Gasteiger partial charge in [-0.3, -0.25) is 0 Å². The molecular weight excluding hydrogens is 234 g/mol. The monoisotopic (exact) mass is 261 g/mol. The maximum absolute atomic E-state index is 3.66. The summed E-state index contributed by atoms with van der Waals surface area (Å²) in [5.74, 6) is 0. The van der Waals surface area contributed by atoms with Gasteiger partial charge in [0.25, 0.3) is 0 Å². The topological polar surface area (TPSA) is 18.5 Å². The van der Waals surface area contributed by atoms with Crippen molar-refractivity contribution in [3.63, 3.8) is 0 Å². The van der Waals surface area contributed by atoms with Crippen LogP contribution in [0.1, 0.15) is 17.5 Å². The van der Waals surface area contributed by atoms with E-state index in [0.717, 1.165) is 26.2 Å². The van der Waals surface area contributed by atoms with E-state index in [2.05, 4.69) is 61.3 Å². The molecule has 0 aliphatic carbocycles. The van der Waals surface area contributed by atoms with Crippen molar-refractivity contribution in [3.05, 3.63) is 29.3 Å². The molecule has 0 radical (unpaired) electrons. The van der Waals surface area contributed by atoms with E-state index in [4.69, 9.17) is 0 Å². The third-order valence-corrected chi connectivity index (χ3v) is 3.98. The molecule has 1 saturated heterocycles. The zero-order valence-corrected chi connectivity index (χ0v) is 12.7. The van der Waals surface area contributed by atoms with Crippen molar-refractivity contribution >= 4 is 5.69 Å². The highest BCUT2D eigenvalue weighted by Crippen LogP contribution is 2.23. The molecule has 1 aliphatic rings. The molecule has 0 saturated carbocycles. The second-order valence-corrected chi connectivity index (χ2v) is 5.93. The van der Waals surface area contributed by atoms with Crippen LogP contribution in [0, 0.1) is 13.8 Å². The molecule has 0 bridgehead atoms. The lowest BCUT2D eigenvalue weighted by molar-refractivity contribution is 0.346. The van der Waals surface area contributed by atoms with Gasteiger partial charge in [0, 0.05) is 31.4 Å². The fourth-order valence-corrected chi connectivity index (χ4v) is 2.86. The van der Waals surface area contributed by atoms with Gasteiger partial charge in [-0.2, -0.15) is 0 Å². The molecule has 0 amide bonds. The Hall–Kier alpha value is -1.06. The van der Waals surface area contributed by atoms with Crippen LogP contribution in [0.5, 0.6) is 0 Å². The average molecular weight is 261 g/mol. The largest absolute Gasteiger partial charge is 0.370 e. The molecule has 1 atom stereocenters. The second-order valence-electron chi connectivity index (χ2n) is 5.93. The van der Waals surface area contributed by atoms with Crippen molar-refractivity contribution in [2.24, 2.45) is 0 Å². The van der Waals surface area contributed by atoms with Crippen molar-refractivity contribution < 1.29 is 0 Å². The summed E-state index contributed by atoms with van der Waals surface area (Å²) in [5, 5.41) is 3.66. The lowest BCUT2D eigenvalue weighted by Crippen LogP contribution is -2.44. The van der Waals surface area contributed by atoms with E-state index in [9.17, 15) is 0 Å². The van der Waals surface area contributed by atoms with E-state index < -0.39 is 0 Å². The predicted molar refractivity (Wildman–Crippen MR) is 83.1 cm³/mol. The third-order valence-electron chi connectivity index (χ3n) is 3.98. The van der Waals surface area contributed by atoms with Crippen LogP contribution < -0.4 is 10.2 Å². The number of anilines is 1. The number of rotatable bonds is 3. The molecule has 2 rings (SSSR count). The number of likely N-dealkylation sites (N-methyl/N-ethyl adjacent to an activating group) is 1. The first-order chi connectivity index (χ1) is 9.08. The number of hydrogen-bond donors (Lipinski definition) is 1. The Morgan fingerprint density at radius 2 is 2.11 bits per heavy atom. The van der Waals surface area contributed by atoms with Crippen molar-refractivity contribution in [1.82, 2.24) is 10.2 Å². The summed E-state index contributed by atoms with van der Waals surface area (Å²) in [6.07, 6.45) is 1.22. The Morgan fingerprint density at radius 3 is 2.84 bits per heavy atom. The lowest BCUT2D eigenvalue weighted by atomic mass is 10.1. The van der Waals surface area contributed by atoms with E-state index in [1.54, 1.807) is 0 Å². The molecule has 1 fully saturated rings. The van der Waals surface area contributed by atoms with Crippen molar-refractivity contribution in [1.29, 1.82) is 0 Å². The van der Waals surface area contributed by atoms with E-state index in [1.807, 2.05) is 0 Å². The van der Waals surface area contributed by atoms with Gasteiger partial charge in [-0.15, -0.1) is 0 Å². The zero-order valence-electron chi connectivity index (χ0n) is 12.7. The minimum absolute atomic E-state index is 0.553. The molecule has 0 spiro atoms. The maximum atomic E-state index is 3.66. The van der Waals surface area contributed by atoms with E-state index >= 15 is 0 Å². The van der Waals surface area contributed by atoms with Crippen LogP contribution in [0.2, 0.25) is 0 Å². The molecule has 3 nitrogen and oxygen atoms in total. The summed E-state index contributed by atoms with van der Waals surface area (Å²) >= 11 is 0. The maximum Gasteiger partial charge on any atom is 0.0399 e. The SMILES string of the molecule is Cc1cccc(N2CCCNC(CN(C)C)C2)c1C. The van der Waals surface area contributed by atoms with Gasteiger partial charge in [0.2, 0.25) is 0 Å². The minimum Gasteiger partial charge on any atom is -0.370 e. The van der Waals surface area contributed by atoms with Gasteiger partial charge < -0.3 is 15.1 Å². The minimum atomic E-state index is 0.553. The quantitative estimate of drug-likeness (QED) is 0.898. The van der Waals surface area contributed by atoms with Crippen LogP contribution in [0.4, 0.5) is 5.69 Å². The first-order valence-corrected chi connectivity index (χ1v) is 7.27. The van der Waals surface area contributed by atoms with Gasteiger partial charge in [0.1, 0.15) is 0 Å². The van der Waals surface area contributed by atoms with Crippen molar-refractivity contribution in [2.45, 2.75) is 26.3 Å². The van der Waals surface area contributed by atoms with Gasteiger partial charge in [-0.1, -0.05) is 12.1 Å². The Balaban J connectivity index is 2.15. The molecule has 1 aliphatic heterocycles. The van der Waals surface area contributed by atoms with Gasteiger partial charge in [-0.05, 0) is 58.1 Å². The Bertz CT molecular complexity index is 414. The highest BCUT2D eigenvalue weighted by molar-refractivity contribution is 5.56. The van der Waals surface area contributed by atoms with Gasteiger partial charge >= 0.3 is 0 Å². The highest BCUT2D eigenvalue weighted by Gasteiger charge is 2.19. The van der Waals surface area contributed by atoms with Crippen molar-refractivity contribution in [3.8, 4) is 0 Å². The predicted octanol–water partition coefficient (Wildman–Crippen LogP) is 2.03. The number of nitrogens with zero attached hydrogens (tertiary/aromatic N) is 2. The van der Waals surface area contributed by atoms with Gasteiger partial charge in [0.15, 0.2) is 0 Å². The smallest absolute Gasteiger partial charge is 0.0399 e. The van der Waals surface area contributed by atoms with Gasteiger partial charge in [-0.25, -0.2) is 0 Å². The number of hydrogen-bond acceptors (Lipinski definition) is 3. The van der Waals surface area contributed by atoms with Crippen LogP contribution in [0.25, 0.3) is 0 Å². The number of nitrogens with one attached hydrogen (secondary N) is 1. The fourth-order valence-electron chi connectivity index (χ4n) is 2.86. The summed E-state index contributed by atoms with van der Waals surface area (Å²) in [7, 11) is 4.30. The van der Waals surface area contributed by atoms with E-state index in [0.29, 0.717) is 6.04 Å². The molecule has 1 aromatic rings. The molecule has 1 N–H and O–H groups in total.